The van der Waals surface area contributed by atoms with Crippen molar-refractivity contribution < 1.29 is 43.9 Å². The van der Waals surface area contributed by atoms with Gasteiger partial charge in [0.1, 0.15) is 11.7 Å². The number of carbonyl (C=O) groups excluding carboxylic acids is 2. The lowest BCUT2D eigenvalue weighted by Gasteiger charge is -2.64. The van der Waals surface area contributed by atoms with Crippen LogP contribution in [0.4, 0.5) is 10.5 Å². The second kappa shape index (κ2) is 19.7. The van der Waals surface area contributed by atoms with Crippen LogP contribution in [0.3, 0.4) is 0 Å². The molecule has 9 rings (SSSR count). The lowest BCUT2D eigenvalue weighted by Crippen LogP contribution is -2.63. The van der Waals surface area contributed by atoms with Gasteiger partial charge in [-0.3, -0.25) is 9.59 Å². The maximum absolute atomic E-state index is 13.3. The molecule has 6 saturated carbocycles. The number of rotatable bonds is 14. The maximum Gasteiger partial charge on any atom is 0.508 e. The molecule has 5 N–H and O–H groups in total. The van der Waals surface area contributed by atoms with Crippen molar-refractivity contribution in [2.24, 2.45) is 69.3 Å². The number of fused-ring (bicyclic) bond motifs is 9. The Bertz CT molecular complexity index is 2230. The van der Waals surface area contributed by atoms with Gasteiger partial charge in [0.15, 0.2) is 5.78 Å². The monoisotopic (exact) mass is 951 g/mol. The molecule has 0 radical (unpaired) electrons. The first kappa shape index (κ1) is 50.3. The summed E-state index contributed by atoms with van der Waals surface area (Å²) in [6, 6.07) is 9.05. The van der Waals surface area contributed by atoms with Gasteiger partial charge in [0.05, 0.1) is 25.4 Å². The van der Waals surface area contributed by atoms with E-state index in [1.165, 1.54) is 22.3 Å². The molecule has 0 bridgehead atoms. The molecule has 1 aromatic rings. The van der Waals surface area contributed by atoms with E-state index in [9.17, 15) is 29.7 Å². The molecule has 1 aromatic carbocycles. The average molecular weight is 951 g/mol. The Morgan fingerprint density at radius 1 is 0.957 bits per heavy atom. The lowest BCUT2D eigenvalue weighted by atomic mass is 9.43. The van der Waals surface area contributed by atoms with Gasteiger partial charge in [-0.15, -0.1) is 5.92 Å². The first-order valence-electron chi connectivity index (χ1n) is 26.9. The van der Waals surface area contributed by atoms with Crippen LogP contribution in [-0.4, -0.2) is 90.5 Å². The number of aliphatic carboxylic acids is 1. The number of benzene rings is 1. The minimum atomic E-state index is -1.00. The Morgan fingerprint density at radius 3 is 2.48 bits per heavy atom. The maximum atomic E-state index is 13.3. The Hall–Kier alpha value is -3.69. The number of hydrogen-bond donors (Lipinski definition) is 4. The topological polar surface area (TPSA) is 169 Å². The third kappa shape index (κ3) is 8.92. The molecule has 16 atom stereocenters. The second-order valence-corrected chi connectivity index (χ2v) is 23.9. The normalized spacial score (nSPS) is 40.3. The van der Waals surface area contributed by atoms with Gasteiger partial charge >= 0.3 is 12.1 Å². The number of anilines is 1. The van der Waals surface area contributed by atoms with Gasteiger partial charge in [-0.05, 0) is 197 Å². The highest BCUT2D eigenvalue weighted by Gasteiger charge is 2.67. The van der Waals surface area contributed by atoms with E-state index in [1.54, 1.807) is 0 Å². The summed E-state index contributed by atoms with van der Waals surface area (Å²) in [6.07, 6.45) is 13.7. The minimum absolute atomic E-state index is 0.0428. The summed E-state index contributed by atoms with van der Waals surface area (Å²) in [5.41, 5.74) is 10.5. The van der Waals surface area contributed by atoms with Crippen molar-refractivity contribution in [3.63, 3.8) is 0 Å². The van der Waals surface area contributed by atoms with Crippen molar-refractivity contribution in [1.82, 2.24) is 0 Å². The largest absolute Gasteiger partial charge is 0.508 e. The molecule has 0 aromatic heterocycles. The summed E-state index contributed by atoms with van der Waals surface area (Å²) in [6.45, 7) is 12.9. The van der Waals surface area contributed by atoms with Gasteiger partial charge in [-0.1, -0.05) is 51.3 Å². The van der Waals surface area contributed by atoms with Crippen LogP contribution in [0.2, 0.25) is 0 Å². The molecule has 69 heavy (non-hydrogen) atoms. The van der Waals surface area contributed by atoms with Gasteiger partial charge in [-0.25, -0.2) is 4.79 Å². The zero-order valence-corrected chi connectivity index (χ0v) is 42.5. The zero-order chi connectivity index (χ0) is 49.0. The molecule has 0 aliphatic heterocycles. The van der Waals surface area contributed by atoms with E-state index in [-0.39, 0.29) is 88.7 Å². The number of likely N-dealkylation sites (N-methyl/N-ethyl adjacent to an activating group) is 1. The van der Waals surface area contributed by atoms with Gasteiger partial charge in [0.25, 0.3) is 0 Å². The summed E-state index contributed by atoms with van der Waals surface area (Å²) in [4.78, 5) is 39.7. The Morgan fingerprint density at radius 2 is 1.74 bits per heavy atom. The van der Waals surface area contributed by atoms with Crippen molar-refractivity contribution in [1.29, 1.82) is 0 Å². The molecule has 11 nitrogen and oxygen atoms in total. The van der Waals surface area contributed by atoms with Crippen LogP contribution in [-0.2, 0) is 23.8 Å². The van der Waals surface area contributed by atoms with Gasteiger partial charge < -0.3 is 40.2 Å². The molecular formula is C58H82N2O9. The van der Waals surface area contributed by atoms with E-state index in [4.69, 9.17) is 19.9 Å². The third-order valence-corrected chi connectivity index (χ3v) is 20.8. The van der Waals surface area contributed by atoms with Crippen molar-refractivity contribution >= 4 is 23.6 Å². The Labute approximate surface area is 411 Å². The fraction of sp³-hybridized carbons (Fsp3) is 0.741. The number of aliphatic hydroxyl groups excluding tert-OH is 1. The molecule has 8 aliphatic rings. The van der Waals surface area contributed by atoms with Crippen LogP contribution in [0.1, 0.15) is 155 Å². The number of aliphatic hydroxyl groups is 2. The number of nitrogens with zero attached hydrogens (tertiary/aromatic N) is 1. The summed E-state index contributed by atoms with van der Waals surface area (Å²) in [5.74, 6) is 7.77. The quantitative estimate of drug-likeness (QED) is 0.0796. The van der Waals surface area contributed by atoms with Crippen molar-refractivity contribution in [2.75, 3.05) is 38.3 Å². The molecule has 0 spiro atoms. The second-order valence-electron chi connectivity index (χ2n) is 23.9. The molecule has 6 fully saturated rings. The molecule has 11 heteroatoms. The minimum Gasteiger partial charge on any atom is -0.481 e. The molecule has 0 heterocycles. The highest BCUT2D eigenvalue weighted by molar-refractivity contribution is 5.93. The first-order valence-corrected chi connectivity index (χ1v) is 26.9. The van der Waals surface area contributed by atoms with Crippen LogP contribution in [0.15, 0.2) is 47.1 Å². The highest BCUT2D eigenvalue weighted by Crippen LogP contribution is 2.70. The van der Waals surface area contributed by atoms with E-state index in [2.05, 4.69) is 75.7 Å². The zero-order valence-electron chi connectivity index (χ0n) is 42.5. The van der Waals surface area contributed by atoms with Crippen molar-refractivity contribution in [3.8, 4) is 11.8 Å². The number of hydrogen-bond acceptors (Lipinski definition) is 10. The Kier molecular flexibility index (Phi) is 14.4. The fourth-order valence-electron chi connectivity index (χ4n) is 17.1. The van der Waals surface area contributed by atoms with Crippen LogP contribution in [0.25, 0.3) is 0 Å². The number of carboxylic acids is 1. The lowest BCUT2D eigenvalue weighted by molar-refractivity contribution is -0.211. The summed E-state index contributed by atoms with van der Waals surface area (Å²) < 4.78 is 18.7. The summed E-state index contributed by atoms with van der Waals surface area (Å²) in [5, 5.41) is 33.9. The average Bonchev–Trinajstić information content (AvgIpc) is 3.81. The van der Waals surface area contributed by atoms with Crippen LogP contribution in [0.5, 0.6) is 0 Å². The van der Waals surface area contributed by atoms with E-state index >= 15 is 0 Å². The molecule has 8 aliphatic carbocycles. The Balaban J connectivity index is 0.873. The van der Waals surface area contributed by atoms with E-state index < -0.39 is 23.8 Å². The highest BCUT2D eigenvalue weighted by atomic mass is 16.7. The van der Waals surface area contributed by atoms with Crippen molar-refractivity contribution in [2.45, 2.75) is 174 Å². The number of carboxylic acid groups (broad SMARTS) is 1. The van der Waals surface area contributed by atoms with Crippen LogP contribution < -0.4 is 10.6 Å². The summed E-state index contributed by atoms with van der Waals surface area (Å²) >= 11 is 0. The van der Waals surface area contributed by atoms with Gasteiger partial charge in [-0.2, -0.15) is 0 Å². The molecule has 0 saturated heterocycles. The third-order valence-electron chi connectivity index (χ3n) is 20.8. The van der Waals surface area contributed by atoms with E-state index in [0.29, 0.717) is 57.1 Å². The predicted molar refractivity (Wildman–Crippen MR) is 266 cm³/mol. The number of ether oxygens (including phenoxy) is 3. The van der Waals surface area contributed by atoms with Crippen LogP contribution in [0, 0.1) is 75.4 Å². The van der Waals surface area contributed by atoms with Crippen LogP contribution >= 0.6 is 0 Å². The van der Waals surface area contributed by atoms with Gasteiger partial charge in [0, 0.05) is 49.4 Å². The number of nitrogens with two attached hydrogens (primary N) is 1. The number of carbonyl (C=O) groups is 3. The van der Waals surface area contributed by atoms with E-state index in [1.807, 2.05) is 13.0 Å². The molecule has 378 valence electrons. The van der Waals surface area contributed by atoms with Gasteiger partial charge in [0.2, 0.25) is 0 Å². The molecule has 0 amide bonds. The standard InChI is InChI=1S/C58H82N2O9/c1-7-23-58(66)25-22-46-43-16-12-37-30-40(61)15-17-42(37)52(43)44(34-56(46,58)4)36-10-13-39(14-11-36)60(6)27-29-67-41-21-24-55(3)38(31-41)32-49(69-54(65)68-28-8-26-59)53-47-19-18-45(35(2)9-20-51(63)64)57(47,5)50(62)33-48(53)55/h10-11,13-14,30,35,38,41,43-50,53,62,66H,8-9,12,15-22,24-29,31-34,59H2,1-6H3,(H,63,64)/t35-,38+,41+,43?,44-,45-,46?,47+,48+,49-,50+,53+,55+,56+,57-,58+/m1/s1. The summed E-state index contributed by atoms with van der Waals surface area (Å²) in [7, 11) is 2.13. The first-order chi connectivity index (χ1) is 32.9. The molecule has 2 unspecified atom stereocenters. The van der Waals surface area contributed by atoms with E-state index in [0.717, 1.165) is 82.9 Å². The fourth-order valence-corrected chi connectivity index (χ4v) is 17.1. The number of ketones is 1. The SMILES string of the molecule is CC#C[C@]1(O)CCC2C3CCC4=CC(=O)CCC4=C3[C@@H](c3ccc(N(C)CCO[C@H]4CC[C@@]5(C)[C@@H](C4)C[C@@H](OC(=O)OCCCN)[C@@H]4[C@@H]5C[C@H](O)[C@]5(C)[C@@H]([C@H](C)CCC(=O)O)CC[C@@H]45)cc3)C[C@@]21C. The molecular weight excluding hydrogens is 869 g/mol. The van der Waals surface area contributed by atoms with Crippen molar-refractivity contribution in [3.05, 3.63) is 52.6 Å². The smallest absolute Gasteiger partial charge is 0.481 e. The number of allylic oxidation sites excluding steroid dienone is 4. The predicted octanol–water partition coefficient (Wildman–Crippen LogP) is 9.77.